The van der Waals surface area contributed by atoms with Crippen LogP contribution in [0.3, 0.4) is 0 Å². The Morgan fingerprint density at radius 3 is 2.54 bits per heavy atom. The normalized spacial score (nSPS) is 13.3. The zero-order valence-electron chi connectivity index (χ0n) is 7.98. The van der Waals surface area contributed by atoms with Gasteiger partial charge in [0.1, 0.15) is 6.29 Å². The van der Waals surface area contributed by atoms with Gasteiger partial charge in [-0.3, -0.25) is 4.99 Å². The van der Waals surface area contributed by atoms with Crippen molar-refractivity contribution in [2.45, 2.75) is 25.7 Å². The maximum absolute atomic E-state index is 10.6. The largest absolute Gasteiger partial charge is 0.390 e. The van der Waals surface area contributed by atoms with Gasteiger partial charge in [0, 0.05) is 12.5 Å². The van der Waals surface area contributed by atoms with E-state index in [1.807, 2.05) is 0 Å². The van der Waals surface area contributed by atoms with Crippen molar-refractivity contribution < 1.29 is 4.79 Å². The van der Waals surface area contributed by atoms with Gasteiger partial charge in [0.05, 0.1) is 6.34 Å². The Morgan fingerprint density at radius 1 is 1.31 bits per heavy atom. The number of nitrogens with two attached hydrogens (primary N) is 2. The molecular formula is C9H19N3O. The highest BCUT2D eigenvalue weighted by Gasteiger charge is 2.05. The van der Waals surface area contributed by atoms with E-state index in [0.29, 0.717) is 13.1 Å². The smallest absolute Gasteiger partial charge is 0.123 e. The lowest BCUT2D eigenvalue weighted by atomic mass is 9.99. The fourth-order valence-corrected chi connectivity index (χ4v) is 1.18. The number of hydrogen-bond acceptors (Lipinski definition) is 3. The third-order valence-electron chi connectivity index (χ3n) is 1.94. The van der Waals surface area contributed by atoms with E-state index in [0.717, 1.165) is 32.0 Å². The van der Waals surface area contributed by atoms with Crippen LogP contribution in [0.5, 0.6) is 0 Å². The molecule has 4 heteroatoms. The second-order valence-electron chi connectivity index (χ2n) is 3.02. The first-order valence-corrected chi connectivity index (χ1v) is 4.70. The van der Waals surface area contributed by atoms with Gasteiger partial charge in [-0.1, -0.05) is 0 Å². The zero-order valence-corrected chi connectivity index (χ0v) is 7.98. The molecular weight excluding hydrogens is 166 g/mol. The van der Waals surface area contributed by atoms with Crippen molar-refractivity contribution in [3.63, 3.8) is 0 Å². The van der Waals surface area contributed by atoms with Crippen LogP contribution in [0, 0.1) is 5.92 Å². The molecule has 0 aromatic heterocycles. The molecule has 76 valence electrons. The Bertz CT molecular complexity index is 148. The van der Waals surface area contributed by atoms with Gasteiger partial charge in [-0.2, -0.15) is 0 Å². The molecule has 0 amide bonds. The molecule has 0 aromatic carbocycles. The third-order valence-corrected chi connectivity index (χ3v) is 1.94. The fraction of sp³-hybridized carbons (Fsp3) is 0.778. The Hall–Kier alpha value is -0.900. The van der Waals surface area contributed by atoms with Crippen LogP contribution >= 0.6 is 0 Å². The average molecular weight is 185 g/mol. The van der Waals surface area contributed by atoms with E-state index < -0.39 is 0 Å². The van der Waals surface area contributed by atoms with E-state index in [4.69, 9.17) is 11.5 Å². The Morgan fingerprint density at radius 2 is 2.00 bits per heavy atom. The lowest BCUT2D eigenvalue weighted by Crippen LogP contribution is -2.07. The first kappa shape index (κ1) is 12.1. The summed E-state index contributed by atoms with van der Waals surface area (Å²) >= 11 is 0. The number of hydrogen-bond donors (Lipinski definition) is 2. The van der Waals surface area contributed by atoms with Gasteiger partial charge in [0.25, 0.3) is 0 Å². The topological polar surface area (TPSA) is 81.5 Å². The number of aldehydes is 1. The van der Waals surface area contributed by atoms with Crippen LogP contribution in [0.15, 0.2) is 4.99 Å². The molecule has 0 fully saturated rings. The molecule has 4 N–H and O–H groups in total. The Labute approximate surface area is 79.4 Å². The van der Waals surface area contributed by atoms with E-state index in [9.17, 15) is 4.79 Å². The van der Waals surface area contributed by atoms with Gasteiger partial charge < -0.3 is 16.3 Å². The summed E-state index contributed by atoms with van der Waals surface area (Å²) in [5.41, 5.74) is 10.4. The quantitative estimate of drug-likeness (QED) is 0.247. The van der Waals surface area contributed by atoms with Crippen LogP contribution in [0.1, 0.15) is 25.7 Å². The molecule has 0 saturated carbocycles. The lowest BCUT2D eigenvalue weighted by molar-refractivity contribution is -0.111. The predicted octanol–water partition coefficient (Wildman–Crippen LogP) is 0.308. The van der Waals surface area contributed by atoms with E-state index >= 15 is 0 Å². The molecule has 1 atom stereocenters. The highest BCUT2D eigenvalue weighted by atomic mass is 16.1. The number of carbonyl (C=O) groups excluding carboxylic acids is 1. The summed E-state index contributed by atoms with van der Waals surface area (Å²) in [6.07, 6.45) is 5.94. The van der Waals surface area contributed by atoms with Crippen molar-refractivity contribution >= 4 is 12.6 Å². The minimum atomic E-state index is 0.150. The second kappa shape index (κ2) is 9.19. The Balaban J connectivity index is 3.41. The van der Waals surface area contributed by atoms with Crippen molar-refractivity contribution in [1.82, 2.24) is 0 Å². The minimum absolute atomic E-state index is 0.150. The predicted molar refractivity (Wildman–Crippen MR) is 54.6 cm³/mol. The molecule has 0 saturated heterocycles. The molecule has 0 heterocycles. The molecule has 0 aliphatic heterocycles. The van der Waals surface area contributed by atoms with Gasteiger partial charge >= 0.3 is 0 Å². The summed E-state index contributed by atoms with van der Waals surface area (Å²) in [6.45, 7) is 1.37. The summed E-state index contributed by atoms with van der Waals surface area (Å²) in [4.78, 5) is 14.4. The Kier molecular flexibility index (Phi) is 8.55. The second-order valence-corrected chi connectivity index (χ2v) is 3.02. The van der Waals surface area contributed by atoms with Crippen molar-refractivity contribution in [3.05, 3.63) is 0 Å². The van der Waals surface area contributed by atoms with Crippen LogP contribution in [0.2, 0.25) is 0 Å². The number of rotatable bonds is 8. The van der Waals surface area contributed by atoms with Gasteiger partial charge in [-0.25, -0.2) is 0 Å². The molecule has 0 aromatic rings. The van der Waals surface area contributed by atoms with Crippen molar-refractivity contribution in [3.8, 4) is 0 Å². The van der Waals surface area contributed by atoms with Crippen LogP contribution in [0.4, 0.5) is 0 Å². The third kappa shape index (κ3) is 7.46. The highest BCUT2D eigenvalue weighted by Crippen LogP contribution is 2.10. The molecule has 0 aliphatic rings. The van der Waals surface area contributed by atoms with Gasteiger partial charge in [-0.15, -0.1) is 0 Å². The summed E-state index contributed by atoms with van der Waals surface area (Å²) in [6, 6.07) is 0. The lowest BCUT2D eigenvalue weighted by Gasteiger charge is -2.07. The summed E-state index contributed by atoms with van der Waals surface area (Å²) in [5, 5.41) is 0. The van der Waals surface area contributed by atoms with Crippen molar-refractivity contribution in [2.24, 2.45) is 22.4 Å². The maximum Gasteiger partial charge on any atom is 0.123 e. The van der Waals surface area contributed by atoms with E-state index in [2.05, 4.69) is 4.99 Å². The summed E-state index contributed by atoms with van der Waals surface area (Å²) < 4.78 is 0. The highest BCUT2D eigenvalue weighted by molar-refractivity contribution is 5.53. The van der Waals surface area contributed by atoms with Crippen LogP contribution in [-0.2, 0) is 4.79 Å². The van der Waals surface area contributed by atoms with E-state index in [-0.39, 0.29) is 5.92 Å². The van der Waals surface area contributed by atoms with Crippen molar-refractivity contribution in [1.29, 1.82) is 0 Å². The first-order valence-electron chi connectivity index (χ1n) is 4.70. The summed E-state index contributed by atoms with van der Waals surface area (Å²) in [5.74, 6) is 0.150. The monoisotopic (exact) mass is 185 g/mol. The van der Waals surface area contributed by atoms with Crippen LogP contribution in [0.25, 0.3) is 0 Å². The molecule has 1 unspecified atom stereocenters. The van der Waals surface area contributed by atoms with E-state index in [1.54, 1.807) is 0 Å². The molecule has 0 spiro atoms. The standard InChI is InChI=1S/C9H19N3O/c10-5-1-3-9(7-13)4-2-6-12-8-11/h7-9H,1-6,10H2,(H2,11,12). The van der Waals surface area contributed by atoms with Gasteiger partial charge in [0.2, 0.25) is 0 Å². The molecule has 4 nitrogen and oxygen atoms in total. The number of carbonyl (C=O) groups is 1. The number of aliphatic imine (C=N–C) groups is 1. The number of nitrogens with zero attached hydrogens (tertiary/aromatic N) is 1. The van der Waals surface area contributed by atoms with Crippen LogP contribution in [-0.4, -0.2) is 25.7 Å². The average Bonchev–Trinajstić information content (AvgIpc) is 2.17. The first-order chi connectivity index (χ1) is 6.35. The molecule has 0 radical (unpaired) electrons. The molecule has 0 rings (SSSR count). The van der Waals surface area contributed by atoms with Crippen molar-refractivity contribution in [2.75, 3.05) is 13.1 Å². The SMILES string of the molecule is NC=NCCCC(C=O)CCCN. The van der Waals surface area contributed by atoms with Gasteiger partial charge in [-0.05, 0) is 32.2 Å². The fourth-order valence-electron chi connectivity index (χ4n) is 1.18. The molecule has 0 aliphatic carbocycles. The zero-order chi connectivity index (χ0) is 9.94. The summed E-state index contributed by atoms with van der Waals surface area (Å²) in [7, 11) is 0. The molecule has 13 heavy (non-hydrogen) atoms. The molecule has 0 bridgehead atoms. The van der Waals surface area contributed by atoms with Gasteiger partial charge in [0.15, 0.2) is 0 Å². The van der Waals surface area contributed by atoms with E-state index in [1.165, 1.54) is 6.34 Å². The van der Waals surface area contributed by atoms with Crippen LogP contribution < -0.4 is 11.5 Å². The maximum atomic E-state index is 10.6. The minimum Gasteiger partial charge on any atom is -0.390 e.